The predicted octanol–water partition coefficient (Wildman–Crippen LogP) is 2.65. The highest BCUT2D eigenvalue weighted by molar-refractivity contribution is 7.07. The summed E-state index contributed by atoms with van der Waals surface area (Å²) in [5.41, 5.74) is 0.785. The van der Waals surface area contributed by atoms with E-state index in [0.29, 0.717) is 31.7 Å². The third kappa shape index (κ3) is 7.64. The van der Waals surface area contributed by atoms with Crippen LogP contribution in [0.1, 0.15) is 25.3 Å². The molecular formula is C25H28F5N5O2S. The van der Waals surface area contributed by atoms with Crippen LogP contribution in [0.5, 0.6) is 0 Å². The van der Waals surface area contributed by atoms with E-state index in [0.717, 1.165) is 16.9 Å². The van der Waals surface area contributed by atoms with Crippen molar-refractivity contribution in [3.8, 4) is 6.07 Å². The van der Waals surface area contributed by atoms with Crippen LogP contribution < -0.4 is 25.4 Å². The lowest BCUT2D eigenvalue weighted by atomic mass is 9.96. The number of hydrogen-bond acceptors (Lipinski definition) is 6. The number of piperidine rings is 1. The largest absolute Gasteiger partial charge is 0.391 e. The molecule has 0 atom stereocenters. The lowest BCUT2D eigenvalue weighted by molar-refractivity contribution is -0.185. The van der Waals surface area contributed by atoms with Crippen molar-refractivity contribution in [1.82, 2.24) is 14.8 Å². The number of amides is 1. The molecule has 1 saturated heterocycles. The van der Waals surface area contributed by atoms with Crippen LogP contribution in [0.2, 0.25) is 0 Å². The number of nitrogens with one attached hydrogen (secondary N) is 2. The summed E-state index contributed by atoms with van der Waals surface area (Å²) in [5.74, 6) is -2.21. The van der Waals surface area contributed by atoms with Gasteiger partial charge in [-0.2, -0.15) is 18.4 Å². The fourth-order valence-corrected chi connectivity index (χ4v) is 5.27. The molecule has 1 aromatic carbocycles. The summed E-state index contributed by atoms with van der Waals surface area (Å²) in [7, 11) is 0. The summed E-state index contributed by atoms with van der Waals surface area (Å²) in [6.07, 6.45) is -4.60. The van der Waals surface area contributed by atoms with Crippen LogP contribution >= 0.6 is 11.3 Å². The van der Waals surface area contributed by atoms with Crippen molar-refractivity contribution in [2.24, 2.45) is 5.92 Å². The Morgan fingerprint density at radius 3 is 2.61 bits per heavy atom. The molecule has 3 rings (SSSR count). The van der Waals surface area contributed by atoms with E-state index < -0.39 is 42.1 Å². The number of aromatic nitrogens is 1. The van der Waals surface area contributed by atoms with E-state index in [2.05, 4.69) is 5.32 Å². The van der Waals surface area contributed by atoms with Crippen molar-refractivity contribution in [3.05, 3.63) is 49.4 Å². The third-order valence-corrected chi connectivity index (χ3v) is 7.39. The highest BCUT2D eigenvalue weighted by Gasteiger charge is 2.40. The van der Waals surface area contributed by atoms with Crippen molar-refractivity contribution in [3.63, 3.8) is 0 Å². The minimum absolute atomic E-state index is 0.0721. The Bertz CT molecular complexity index is 1340. The number of benzene rings is 1. The fourth-order valence-electron chi connectivity index (χ4n) is 4.18. The van der Waals surface area contributed by atoms with Gasteiger partial charge in [-0.3, -0.25) is 14.2 Å². The summed E-state index contributed by atoms with van der Waals surface area (Å²) in [5, 5.41) is 14.5. The first-order valence-electron chi connectivity index (χ1n) is 12.1. The molecule has 1 fully saturated rings. The molecule has 0 bridgehead atoms. The monoisotopic (exact) mass is 557 g/mol. The van der Waals surface area contributed by atoms with Gasteiger partial charge in [-0.15, -0.1) is 11.3 Å². The zero-order valence-electron chi connectivity index (χ0n) is 20.7. The predicted molar refractivity (Wildman–Crippen MR) is 135 cm³/mol. The fraction of sp³-hybridized carbons (Fsp3) is 0.480. The standard InChI is InChI=1S/C25H28F5N5O2S/c1-2-35-23(37)20(38-24(35)19(13-31)22(36)33-15-21(26)27)14-32-18-5-3-4-16(12-18)6-9-34-10-7-17(8-11-34)25(28,29)30/h3-5,12,14,17,21,32H,2,6-11,15H2,1H3,(H,33,36). The molecule has 1 aliphatic rings. The van der Waals surface area contributed by atoms with Gasteiger partial charge in [0.25, 0.3) is 17.9 Å². The number of nitrogens with zero attached hydrogens (tertiary/aromatic N) is 3. The minimum atomic E-state index is -4.14. The topological polar surface area (TPSA) is 90.2 Å². The van der Waals surface area contributed by atoms with Gasteiger partial charge in [-0.1, -0.05) is 12.1 Å². The van der Waals surface area contributed by atoms with Gasteiger partial charge < -0.3 is 15.5 Å². The van der Waals surface area contributed by atoms with Gasteiger partial charge in [0, 0.05) is 25.0 Å². The molecule has 2 N–H and O–H groups in total. The molecule has 1 amide bonds. The van der Waals surface area contributed by atoms with E-state index in [-0.39, 0.29) is 28.6 Å². The molecule has 13 heteroatoms. The summed E-state index contributed by atoms with van der Waals surface area (Å²) in [4.78, 5) is 27.1. The highest BCUT2D eigenvalue weighted by atomic mass is 32.1. The first kappa shape index (κ1) is 29.3. The van der Waals surface area contributed by atoms with E-state index in [9.17, 15) is 36.8 Å². The Morgan fingerprint density at radius 1 is 1.29 bits per heavy atom. The molecule has 1 aromatic heterocycles. The molecule has 206 valence electrons. The molecule has 0 unspecified atom stereocenters. The van der Waals surface area contributed by atoms with E-state index in [4.69, 9.17) is 0 Å². The smallest absolute Gasteiger partial charge is 0.360 e. The second-order valence-corrected chi connectivity index (χ2v) is 9.84. The number of halogens is 5. The van der Waals surface area contributed by atoms with Crippen LogP contribution in [0.15, 0.2) is 29.1 Å². The maximum atomic E-state index is 12.9. The van der Waals surface area contributed by atoms with Crippen molar-refractivity contribution in [1.29, 1.82) is 5.26 Å². The van der Waals surface area contributed by atoms with Crippen LogP contribution in [-0.2, 0) is 17.8 Å². The minimum Gasteiger partial charge on any atom is -0.360 e. The number of rotatable bonds is 9. The summed E-state index contributed by atoms with van der Waals surface area (Å²) in [6, 6.07) is 9.09. The van der Waals surface area contributed by atoms with Crippen molar-refractivity contribution in [2.75, 3.05) is 31.5 Å². The molecule has 0 radical (unpaired) electrons. The average Bonchev–Trinajstić information content (AvgIpc) is 3.20. The van der Waals surface area contributed by atoms with Crippen molar-refractivity contribution in [2.45, 2.75) is 45.3 Å². The van der Waals surface area contributed by atoms with Crippen LogP contribution in [0.25, 0.3) is 11.8 Å². The Morgan fingerprint density at radius 2 is 2.00 bits per heavy atom. The molecule has 2 heterocycles. The van der Waals surface area contributed by atoms with Gasteiger partial charge in [-0.05, 0) is 57.0 Å². The number of carbonyl (C=O) groups excluding carboxylic acids is 1. The maximum Gasteiger partial charge on any atom is 0.391 e. The number of alkyl halides is 5. The Hall–Kier alpha value is -3.24. The zero-order chi connectivity index (χ0) is 27.9. The molecule has 2 aromatic rings. The second kappa shape index (κ2) is 13.0. The normalized spacial score (nSPS) is 16.4. The lowest BCUT2D eigenvalue weighted by Crippen LogP contribution is -2.39. The summed E-state index contributed by atoms with van der Waals surface area (Å²) >= 11 is 0.898. The van der Waals surface area contributed by atoms with Gasteiger partial charge in [0.05, 0.1) is 12.5 Å². The SMILES string of the molecule is CCn1c(=C(C#N)C(=O)NCC(F)F)sc(=CNc2cccc(CCN3CCC(C(F)(F)F)CC3)c2)c1=O. The van der Waals surface area contributed by atoms with E-state index in [1.54, 1.807) is 19.1 Å². The van der Waals surface area contributed by atoms with Crippen LogP contribution in [0.3, 0.4) is 0 Å². The Labute approximate surface area is 219 Å². The summed E-state index contributed by atoms with van der Waals surface area (Å²) in [6.45, 7) is 2.37. The van der Waals surface area contributed by atoms with E-state index in [1.165, 1.54) is 10.8 Å². The van der Waals surface area contributed by atoms with Crippen LogP contribution in [-0.4, -0.2) is 54.2 Å². The van der Waals surface area contributed by atoms with Gasteiger partial charge in [0.1, 0.15) is 15.3 Å². The number of likely N-dealkylation sites (tertiary alicyclic amines) is 1. The third-order valence-electron chi connectivity index (χ3n) is 6.26. The number of carbonyl (C=O) groups is 1. The lowest BCUT2D eigenvalue weighted by Gasteiger charge is -2.32. The zero-order valence-corrected chi connectivity index (χ0v) is 21.5. The quantitative estimate of drug-likeness (QED) is 0.463. The molecular weight excluding hydrogens is 529 g/mol. The molecule has 0 aliphatic carbocycles. The first-order valence-corrected chi connectivity index (χ1v) is 12.9. The number of anilines is 1. The molecule has 0 spiro atoms. The maximum absolute atomic E-state index is 12.9. The summed E-state index contributed by atoms with van der Waals surface area (Å²) < 4.78 is 65.0. The van der Waals surface area contributed by atoms with Crippen molar-refractivity contribution < 1.29 is 26.7 Å². The second-order valence-electron chi connectivity index (χ2n) is 8.81. The number of hydrogen-bond donors (Lipinski definition) is 2. The number of thiazole rings is 1. The molecule has 38 heavy (non-hydrogen) atoms. The van der Waals surface area contributed by atoms with Gasteiger partial charge >= 0.3 is 6.18 Å². The molecule has 7 nitrogen and oxygen atoms in total. The molecule has 0 saturated carbocycles. The van der Waals surface area contributed by atoms with Gasteiger partial charge in [0.2, 0.25) is 0 Å². The van der Waals surface area contributed by atoms with Gasteiger partial charge in [-0.25, -0.2) is 8.78 Å². The molecule has 1 aliphatic heterocycles. The highest BCUT2D eigenvalue weighted by Crippen LogP contribution is 2.34. The Kier molecular flexibility index (Phi) is 10.0. The number of nitriles is 1. The van der Waals surface area contributed by atoms with E-state index in [1.807, 2.05) is 28.4 Å². The first-order chi connectivity index (χ1) is 18.0. The van der Waals surface area contributed by atoms with Crippen molar-refractivity contribution >= 4 is 34.7 Å². The van der Waals surface area contributed by atoms with Gasteiger partial charge in [0.15, 0.2) is 5.57 Å². The Balaban J connectivity index is 1.72. The average molecular weight is 558 g/mol. The van der Waals surface area contributed by atoms with E-state index >= 15 is 0 Å². The van der Waals surface area contributed by atoms with Crippen LogP contribution in [0, 0.1) is 17.2 Å². The van der Waals surface area contributed by atoms with Crippen LogP contribution in [0.4, 0.5) is 27.6 Å².